The quantitative estimate of drug-likeness (QED) is 0.635. The number of quaternary nitrogens is 1. The molecule has 0 radical (unpaired) electrons. The van der Waals surface area contributed by atoms with E-state index < -0.39 is 5.92 Å². The third-order valence-electron chi connectivity index (χ3n) is 6.97. The van der Waals surface area contributed by atoms with Crippen LogP contribution in [0.25, 0.3) is 0 Å². The highest BCUT2D eigenvalue weighted by atomic mass is 16.5. The van der Waals surface area contributed by atoms with Gasteiger partial charge in [0.15, 0.2) is 0 Å². The molecule has 4 unspecified atom stereocenters. The van der Waals surface area contributed by atoms with Gasteiger partial charge in [-0.15, -0.1) is 0 Å². The molecule has 4 atom stereocenters. The highest BCUT2D eigenvalue weighted by Crippen LogP contribution is 2.44. The molecule has 2 saturated heterocycles. The minimum Gasteiger partial charge on any atom is -0.461 e. The monoisotopic (exact) mass is 346 g/mol. The van der Waals surface area contributed by atoms with Gasteiger partial charge in [0.25, 0.3) is 0 Å². The zero-order valence-electron chi connectivity index (χ0n) is 15.7. The number of carbonyl (C=O) groups is 1. The number of aliphatic hydroxyl groups is 1. The Bertz CT molecular complexity index is 574. The largest absolute Gasteiger partial charge is 0.461 e. The molecule has 0 saturated carbocycles. The first-order chi connectivity index (χ1) is 12.0. The van der Waals surface area contributed by atoms with Crippen molar-refractivity contribution in [2.75, 3.05) is 13.7 Å². The number of nitrogens with zero attached hydrogens (tertiary/aromatic N) is 1. The number of esters is 1. The van der Waals surface area contributed by atoms with Crippen LogP contribution in [0.2, 0.25) is 0 Å². The topological polar surface area (TPSA) is 46.5 Å². The lowest BCUT2D eigenvalue weighted by Gasteiger charge is -2.50. The Morgan fingerprint density at radius 2 is 1.84 bits per heavy atom. The maximum Gasteiger partial charge on any atom is 0.316 e. The number of hydrogen-bond acceptors (Lipinski definition) is 3. The molecule has 2 aliphatic heterocycles. The molecule has 138 valence electrons. The van der Waals surface area contributed by atoms with Crippen LogP contribution < -0.4 is 0 Å². The number of fused-ring (bicyclic) bond motifs is 2. The van der Waals surface area contributed by atoms with E-state index in [2.05, 4.69) is 20.9 Å². The lowest BCUT2D eigenvalue weighted by atomic mass is 9.93. The summed E-state index contributed by atoms with van der Waals surface area (Å²) in [5, 5.41) is 9.68. The molecule has 0 aliphatic carbocycles. The molecule has 2 heterocycles. The molecule has 2 aliphatic rings. The molecule has 0 aromatic heterocycles. The van der Waals surface area contributed by atoms with Crippen molar-refractivity contribution >= 4 is 5.97 Å². The second-order valence-corrected chi connectivity index (χ2v) is 8.04. The van der Waals surface area contributed by atoms with Gasteiger partial charge in [-0.1, -0.05) is 37.3 Å². The van der Waals surface area contributed by atoms with Crippen LogP contribution >= 0.6 is 0 Å². The average molecular weight is 346 g/mol. The molecule has 2 bridgehead atoms. The van der Waals surface area contributed by atoms with Gasteiger partial charge in [0.1, 0.15) is 12.0 Å². The van der Waals surface area contributed by atoms with Crippen LogP contribution in [0.5, 0.6) is 0 Å². The lowest BCUT2D eigenvalue weighted by Crippen LogP contribution is -2.63. The predicted octanol–water partition coefficient (Wildman–Crippen LogP) is 3.24. The van der Waals surface area contributed by atoms with Gasteiger partial charge in [-0.3, -0.25) is 4.79 Å². The maximum absolute atomic E-state index is 12.6. The van der Waals surface area contributed by atoms with Gasteiger partial charge in [-0.05, 0) is 18.9 Å². The normalized spacial score (nSPS) is 33.7. The van der Waals surface area contributed by atoms with E-state index in [1.165, 1.54) is 19.3 Å². The van der Waals surface area contributed by atoms with Gasteiger partial charge in [0.05, 0.1) is 31.8 Å². The summed E-state index contributed by atoms with van der Waals surface area (Å²) in [6.45, 7) is 4.42. The fourth-order valence-electron chi connectivity index (χ4n) is 5.09. The van der Waals surface area contributed by atoms with E-state index in [9.17, 15) is 9.90 Å². The van der Waals surface area contributed by atoms with E-state index in [1.54, 1.807) is 0 Å². The summed E-state index contributed by atoms with van der Waals surface area (Å²) in [7, 11) is 2.40. The molecule has 4 heteroatoms. The zero-order chi connectivity index (χ0) is 18.0. The Morgan fingerprint density at radius 3 is 2.36 bits per heavy atom. The minimum atomic E-state index is -0.573. The van der Waals surface area contributed by atoms with Crippen LogP contribution in [0.4, 0.5) is 0 Å². The molecule has 4 nitrogen and oxygen atoms in total. The summed E-state index contributed by atoms with van der Waals surface area (Å²) in [6, 6.07) is 11.3. The maximum atomic E-state index is 12.6. The van der Waals surface area contributed by atoms with Crippen molar-refractivity contribution in [2.45, 2.75) is 76.1 Å². The van der Waals surface area contributed by atoms with Crippen LogP contribution in [0.15, 0.2) is 30.3 Å². The van der Waals surface area contributed by atoms with E-state index in [-0.39, 0.29) is 18.7 Å². The number of aliphatic hydroxyl groups excluding tert-OH is 1. The molecule has 0 amide bonds. The van der Waals surface area contributed by atoms with Gasteiger partial charge < -0.3 is 14.3 Å². The molecular formula is C21H32NO3+. The zero-order valence-corrected chi connectivity index (χ0v) is 15.7. The molecule has 0 spiro atoms. The van der Waals surface area contributed by atoms with E-state index >= 15 is 0 Å². The number of hydrogen-bond donors (Lipinski definition) is 1. The van der Waals surface area contributed by atoms with Crippen molar-refractivity contribution in [3.63, 3.8) is 0 Å². The fraction of sp³-hybridized carbons (Fsp3) is 0.667. The third-order valence-corrected chi connectivity index (χ3v) is 6.97. The Morgan fingerprint density at radius 1 is 1.24 bits per heavy atom. The average Bonchev–Trinajstić information content (AvgIpc) is 2.80. The van der Waals surface area contributed by atoms with Crippen molar-refractivity contribution in [1.29, 1.82) is 0 Å². The molecular weight excluding hydrogens is 314 g/mol. The summed E-state index contributed by atoms with van der Waals surface area (Å²) in [5.41, 5.74) is 0.828. The highest BCUT2D eigenvalue weighted by Gasteiger charge is 2.54. The van der Waals surface area contributed by atoms with E-state index in [0.717, 1.165) is 22.9 Å². The Hall–Kier alpha value is -1.39. The van der Waals surface area contributed by atoms with Crippen LogP contribution in [0.3, 0.4) is 0 Å². The summed E-state index contributed by atoms with van der Waals surface area (Å²) in [6.07, 6.45) is 5.57. The van der Waals surface area contributed by atoms with Crippen molar-refractivity contribution < 1.29 is 19.1 Å². The van der Waals surface area contributed by atoms with E-state index in [0.29, 0.717) is 18.1 Å². The van der Waals surface area contributed by atoms with Crippen LogP contribution in [-0.2, 0) is 9.53 Å². The highest BCUT2D eigenvalue weighted by molar-refractivity contribution is 5.78. The molecule has 1 aromatic rings. The van der Waals surface area contributed by atoms with Gasteiger partial charge in [0, 0.05) is 25.7 Å². The molecule has 3 rings (SSSR count). The van der Waals surface area contributed by atoms with Crippen LogP contribution in [-0.4, -0.2) is 53.4 Å². The predicted molar refractivity (Wildman–Crippen MR) is 98.1 cm³/mol. The van der Waals surface area contributed by atoms with E-state index in [1.807, 2.05) is 30.3 Å². The van der Waals surface area contributed by atoms with E-state index in [4.69, 9.17) is 4.74 Å². The summed E-state index contributed by atoms with van der Waals surface area (Å²) in [5.74, 6) is -0.853. The summed E-state index contributed by atoms with van der Waals surface area (Å²) in [4.78, 5) is 12.6. The standard InChI is InChI=1S/C21H32NO3/c1-4-15(2)22(3)17-10-11-18(22)13-19(12-17)25-21(24)20(14-23)16-8-6-5-7-9-16/h5-9,15,17-20,23H,4,10-14H2,1-3H3/q+1. The Balaban J connectivity index is 1.66. The molecule has 25 heavy (non-hydrogen) atoms. The summed E-state index contributed by atoms with van der Waals surface area (Å²) >= 11 is 0. The van der Waals surface area contributed by atoms with Crippen LogP contribution in [0, 0.1) is 0 Å². The first-order valence-corrected chi connectivity index (χ1v) is 9.72. The first kappa shape index (κ1) is 18.4. The third kappa shape index (κ3) is 3.34. The van der Waals surface area contributed by atoms with Crippen molar-refractivity contribution in [1.82, 2.24) is 0 Å². The number of carbonyl (C=O) groups excluding carboxylic acids is 1. The lowest BCUT2D eigenvalue weighted by molar-refractivity contribution is -0.970. The molecule has 1 N–H and O–H groups in total. The first-order valence-electron chi connectivity index (χ1n) is 9.72. The van der Waals surface area contributed by atoms with Crippen molar-refractivity contribution in [2.24, 2.45) is 0 Å². The summed E-state index contributed by atoms with van der Waals surface area (Å²) < 4.78 is 7.02. The van der Waals surface area contributed by atoms with Gasteiger partial charge >= 0.3 is 5.97 Å². The minimum absolute atomic E-state index is 0.00183. The Kier molecular flexibility index (Phi) is 5.49. The van der Waals surface area contributed by atoms with Crippen LogP contribution in [0.1, 0.15) is 57.4 Å². The number of rotatable bonds is 6. The fourth-order valence-corrected chi connectivity index (χ4v) is 5.09. The van der Waals surface area contributed by atoms with Crippen molar-refractivity contribution in [3.05, 3.63) is 35.9 Å². The molecule has 2 fully saturated rings. The smallest absolute Gasteiger partial charge is 0.316 e. The van der Waals surface area contributed by atoms with Gasteiger partial charge in [-0.2, -0.15) is 0 Å². The SMILES string of the molecule is CCC(C)[N+]1(C)C2CCC1CC(OC(=O)C(CO)c1ccccc1)C2. The van der Waals surface area contributed by atoms with Crippen molar-refractivity contribution in [3.8, 4) is 0 Å². The second kappa shape index (κ2) is 7.46. The number of ether oxygens (including phenoxy) is 1. The molecule has 1 aromatic carbocycles. The Labute approximate surface area is 151 Å². The number of benzene rings is 1. The van der Waals surface area contributed by atoms with Gasteiger partial charge in [0.2, 0.25) is 0 Å². The number of piperidine rings is 1. The van der Waals surface area contributed by atoms with Gasteiger partial charge in [-0.25, -0.2) is 0 Å². The second-order valence-electron chi connectivity index (χ2n) is 8.04.